The number of hydrogen-bond acceptors (Lipinski definition) is 2. The van der Waals surface area contributed by atoms with Gasteiger partial charge in [0.2, 0.25) is 0 Å². The fraction of sp³-hybridized carbons (Fsp3) is 0.571. The van der Waals surface area contributed by atoms with Gasteiger partial charge in [-0.3, -0.25) is 0 Å². The first-order chi connectivity index (χ1) is 7.80. The Morgan fingerprint density at radius 3 is 2.25 bits per heavy atom. The van der Waals surface area contributed by atoms with Crippen LogP contribution >= 0.6 is 0 Å². The Bertz CT molecular complexity index is 279. The molecule has 1 rings (SSSR count). The van der Waals surface area contributed by atoms with Gasteiger partial charge < -0.3 is 11.1 Å². The van der Waals surface area contributed by atoms with Crippen molar-refractivity contribution in [1.29, 1.82) is 0 Å². The molecule has 1 unspecified atom stereocenters. The lowest BCUT2D eigenvalue weighted by atomic mass is 10.1. The molecule has 0 heterocycles. The predicted octanol–water partition coefficient (Wildman–Crippen LogP) is 2.81. The lowest BCUT2D eigenvalue weighted by Gasteiger charge is -2.16. The van der Waals surface area contributed by atoms with Crippen LogP contribution in [0.1, 0.15) is 44.2 Å². The average Bonchev–Trinajstić information content (AvgIpc) is 2.35. The Hall–Kier alpha value is -0.860. The first-order valence-electron chi connectivity index (χ1n) is 6.31. The molecular formula is C14H24N2. The summed E-state index contributed by atoms with van der Waals surface area (Å²) in [5, 5.41) is 3.59. The average molecular weight is 220 g/mol. The number of hydrogen-bond donors (Lipinski definition) is 2. The van der Waals surface area contributed by atoms with Crippen molar-refractivity contribution in [2.75, 3.05) is 0 Å². The molecule has 0 radical (unpaired) electrons. The van der Waals surface area contributed by atoms with Crippen molar-refractivity contribution in [1.82, 2.24) is 5.32 Å². The van der Waals surface area contributed by atoms with Crippen LogP contribution in [0.15, 0.2) is 24.3 Å². The molecule has 0 aliphatic carbocycles. The molecule has 0 bridgehead atoms. The Morgan fingerprint density at radius 1 is 1.12 bits per heavy atom. The summed E-state index contributed by atoms with van der Waals surface area (Å²) in [4.78, 5) is 0. The minimum Gasteiger partial charge on any atom is -0.326 e. The summed E-state index contributed by atoms with van der Waals surface area (Å²) in [6.07, 6.45) is 3.71. The third-order valence-electron chi connectivity index (χ3n) is 2.98. The molecule has 0 spiro atoms. The summed E-state index contributed by atoms with van der Waals surface area (Å²) in [7, 11) is 0. The summed E-state index contributed by atoms with van der Waals surface area (Å²) in [5.74, 6) is 0. The highest BCUT2D eigenvalue weighted by molar-refractivity contribution is 5.22. The van der Waals surface area contributed by atoms with Crippen LogP contribution in [-0.4, -0.2) is 6.04 Å². The van der Waals surface area contributed by atoms with Crippen LogP contribution in [0.2, 0.25) is 0 Å². The smallest absolute Gasteiger partial charge is 0.0208 e. The Morgan fingerprint density at radius 2 is 1.75 bits per heavy atom. The second-order valence-corrected chi connectivity index (χ2v) is 4.30. The molecule has 2 heteroatoms. The van der Waals surface area contributed by atoms with Crippen LogP contribution in [0.25, 0.3) is 0 Å². The van der Waals surface area contributed by atoms with Crippen LogP contribution in [0, 0.1) is 0 Å². The minimum absolute atomic E-state index is 0.626. The lowest BCUT2D eigenvalue weighted by molar-refractivity contribution is 0.462. The van der Waals surface area contributed by atoms with Crippen molar-refractivity contribution >= 4 is 0 Å². The van der Waals surface area contributed by atoms with Gasteiger partial charge in [0.25, 0.3) is 0 Å². The monoisotopic (exact) mass is 220 g/mol. The fourth-order valence-corrected chi connectivity index (χ4v) is 1.85. The highest BCUT2D eigenvalue weighted by Crippen LogP contribution is 2.06. The Labute approximate surface area is 99.2 Å². The van der Waals surface area contributed by atoms with E-state index in [1.165, 1.54) is 30.4 Å². The first kappa shape index (κ1) is 13.2. The van der Waals surface area contributed by atoms with Crippen LogP contribution in [0.3, 0.4) is 0 Å². The van der Waals surface area contributed by atoms with E-state index in [1.54, 1.807) is 0 Å². The molecule has 90 valence electrons. The molecule has 2 nitrogen and oxygen atoms in total. The Balaban J connectivity index is 2.40. The van der Waals surface area contributed by atoms with Gasteiger partial charge in [0, 0.05) is 19.1 Å². The van der Waals surface area contributed by atoms with Gasteiger partial charge in [-0.15, -0.1) is 0 Å². The van der Waals surface area contributed by atoms with E-state index < -0.39 is 0 Å². The largest absolute Gasteiger partial charge is 0.326 e. The molecule has 0 fully saturated rings. The third kappa shape index (κ3) is 4.33. The van der Waals surface area contributed by atoms with E-state index in [2.05, 4.69) is 43.4 Å². The molecule has 1 aromatic carbocycles. The van der Waals surface area contributed by atoms with Gasteiger partial charge in [-0.1, -0.05) is 44.5 Å². The zero-order chi connectivity index (χ0) is 11.8. The molecule has 3 N–H and O–H groups in total. The van der Waals surface area contributed by atoms with E-state index in [0.717, 1.165) is 6.54 Å². The quantitative estimate of drug-likeness (QED) is 0.741. The predicted molar refractivity (Wildman–Crippen MR) is 70.2 cm³/mol. The van der Waals surface area contributed by atoms with E-state index in [1.807, 2.05) is 0 Å². The third-order valence-corrected chi connectivity index (χ3v) is 2.98. The zero-order valence-electron chi connectivity index (χ0n) is 10.5. The molecule has 16 heavy (non-hydrogen) atoms. The van der Waals surface area contributed by atoms with Gasteiger partial charge in [-0.05, 0) is 24.0 Å². The maximum Gasteiger partial charge on any atom is 0.0208 e. The van der Waals surface area contributed by atoms with Gasteiger partial charge in [0.05, 0.1) is 0 Å². The molecule has 0 amide bonds. The molecule has 0 aliphatic heterocycles. The summed E-state index contributed by atoms with van der Waals surface area (Å²) in [6.45, 7) is 6.07. The molecular weight excluding hydrogens is 196 g/mol. The van der Waals surface area contributed by atoms with Crippen molar-refractivity contribution in [2.24, 2.45) is 5.73 Å². The normalized spacial score (nSPS) is 12.7. The molecule has 0 aromatic heterocycles. The van der Waals surface area contributed by atoms with Crippen molar-refractivity contribution in [3.05, 3.63) is 35.4 Å². The molecule has 0 aliphatic rings. The molecule has 1 atom stereocenters. The number of benzene rings is 1. The minimum atomic E-state index is 0.626. The SMILES string of the molecule is CCCC(CC)NCc1ccc(CN)cc1. The summed E-state index contributed by atoms with van der Waals surface area (Å²) < 4.78 is 0. The van der Waals surface area contributed by atoms with Crippen molar-refractivity contribution < 1.29 is 0 Å². The van der Waals surface area contributed by atoms with E-state index >= 15 is 0 Å². The number of nitrogens with two attached hydrogens (primary N) is 1. The van der Waals surface area contributed by atoms with Crippen molar-refractivity contribution in [2.45, 2.75) is 52.2 Å². The summed E-state index contributed by atoms with van der Waals surface area (Å²) in [5.41, 5.74) is 8.11. The van der Waals surface area contributed by atoms with Gasteiger partial charge in [0.1, 0.15) is 0 Å². The van der Waals surface area contributed by atoms with Crippen LogP contribution < -0.4 is 11.1 Å². The second kappa shape index (κ2) is 7.42. The highest BCUT2D eigenvalue weighted by atomic mass is 14.9. The van der Waals surface area contributed by atoms with E-state index in [0.29, 0.717) is 12.6 Å². The van der Waals surface area contributed by atoms with Gasteiger partial charge in [0.15, 0.2) is 0 Å². The van der Waals surface area contributed by atoms with Crippen LogP contribution in [-0.2, 0) is 13.1 Å². The second-order valence-electron chi connectivity index (χ2n) is 4.30. The zero-order valence-corrected chi connectivity index (χ0v) is 10.5. The van der Waals surface area contributed by atoms with Gasteiger partial charge in [-0.25, -0.2) is 0 Å². The molecule has 0 saturated carbocycles. The van der Waals surface area contributed by atoms with Gasteiger partial charge in [-0.2, -0.15) is 0 Å². The highest BCUT2D eigenvalue weighted by Gasteiger charge is 2.03. The fourth-order valence-electron chi connectivity index (χ4n) is 1.85. The Kier molecular flexibility index (Phi) is 6.12. The van der Waals surface area contributed by atoms with E-state index in [9.17, 15) is 0 Å². The van der Waals surface area contributed by atoms with Crippen LogP contribution in [0.5, 0.6) is 0 Å². The number of nitrogens with one attached hydrogen (secondary N) is 1. The maximum absolute atomic E-state index is 5.57. The number of rotatable bonds is 7. The van der Waals surface area contributed by atoms with E-state index in [-0.39, 0.29) is 0 Å². The van der Waals surface area contributed by atoms with Crippen molar-refractivity contribution in [3.8, 4) is 0 Å². The lowest BCUT2D eigenvalue weighted by Crippen LogP contribution is -2.27. The molecule has 0 saturated heterocycles. The van der Waals surface area contributed by atoms with Crippen molar-refractivity contribution in [3.63, 3.8) is 0 Å². The molecule has 1 aromatic rings. The van der Waals surface area contributed by atoms with Crippen LogP contribution in [0.4, 0.5) is 0 Å². The standard InChI is InChI=1S/C14H24N2/c1-3-5-14(4-2)16-11-13-8-6-12(10-15)7-9-13/h6-9,14,16H,3-5,10-11,15H2,1-2H3. The first-order valence-corrected chi connectivity index (χ1v) is 6.31. The van der Waals surface area contributed by atoms with Gasteiger partial charge >= 0.3 is 0 Å². The summed E-state index contributed by atoms with van der Waals surface area (Å²) in [6, 6.07) is 9.19. The topological polar surface area (TPSA) is 38.0 Å². The maximum atomic E-state index is 5.57. The summed E-state index contributed by atoms with van der Waals surface area (Å²) >= 11 is 0. The van der Waals surface area contributed by atoms with E-state index in [4.69, 9.17) is 5.73 Å².